The Morgan fingerprint density at radius 3 is 2.65 bits per heavy atom. The van der Waals surface area contributed by atoms with Crippen LogP contribution in [0.5, 0.6) is 0 Å². The SMILES string of the molecule is CCNC(=NCc1noc(C)n1)NCC(C)(O)c1ccccc1. The van der Waals surface area contributed by atoms with Gasteiger partial charge in [-0.05, 0) is 19.4 Å². The van der Waals surface area contributed by atoms with Crippen molar-refractivity contribution >= 4 is 5.96 Å². The number of aryl methyl sites for hydroxylation is 1. The minimum absolute atomic E-state index is 0.306. The number of aliphatic hydroxyl groups is 1. The van der Waals surface area contributed by atoms with E-state index in [1.54, 1.807) is 13.8 Å². The van der Waals surface area contributed by atoms with E-state index in [2.05, 4.69) is 25.8 Å². The minimum Gasteiger partial charge on any atom is -0.384 e. The zero-order valence-electron chi connectivity index (χ0n) is 13.7. The largest absolute Gasteiger partial charge is 0.384 e. The number of nitrogens with one attached hydrogen (secondary N) is 2. The van der Waals surface area contributed by atoms with Gasteiger partial charge in [0.15, 0.2) is 11.8 Å². The van der Waals surface area contributed by atoms with Gasteiger partial charge in [-0.25, -0.2) is 4.99 Å². The van der Waals surface area contributed by atoms with Crippen molar-refractivity contribution in [1.82, 2.24) is 20.8 Å². The summed E-state index contributed by atoms with van der Waals surface area (Å²) in [5.74, 6) is 1.63. The lowest BCUT2D eigenvalue weighted by atomic mass is 9.96. The van der Waals surface area contributed by atoms with Crippen LogP contribution in [0.1, 0.15) is 31.1 Å². The lowest BCUT2D eigenvalue weighted by Crippen LogP contribution is -2.44. The predicted octanol–water partition coefficient (Wildman–Crippen LogP) is 1.34. The molecule has 0 aliphatic carbocycles. The Balaban J connectivity index is 1.98. The summed E-state index contributed by atoms with van der Waals surface area (Å²) in [6.45, 7) is 6.83. The molecule has 124 valence electrons. The van der Waals surface area contributed by atoms with Crippen molar-refractivity contribution in [2.24, 2.45) is 4.99 Å². The molecule has 23 heavy (non-hydrogen) atoms. The zero-order valence-corrected chi connectivity index (χ0v) is 13.7. The average Bonchev–Trinajstić information content (AvgIpc) is 2.96. The molecule has 0 fully saturated rings. The smallest absolute Gasteiger partial charge is 0.223 e. The molecule has 1 unspecified atom stereocenters. The molecule has 0 radical (unpaired) electrons. The Bertz CT molecular complexity index is 637. The first kappa shape index (κ1) is 17.0. The molecule has 1 aromatic carbocycles. The van der Waals surface area contributed by atoms with Gasteiger partial charge in [-0.3, -0.25) is 0 Å². The molecule has 0 aliphatic rings. The van der Waals surface area contributed by atoms with Crippen molar-refractivity contribution < 1.29 is 9.63 Å². The van der Waals surface area contributed by atoms with Crippen LogP contribution in [0.3, 0.4) is 0 Å². The van der Waals surface area contributed by atoms with Gasteiger partial charge in [0, 0.05) is 13.5 Å². The molecule has 1 atom stereocenters. The van der Waals surface area contributed by atoms with Gasteiger partial charge in [0.1, 0.15) is 12.1 Å². The van der Waals surface area contributed by atoms with Gasteiger partial charge in [0.05, 0.1) is 6.54 Å². The van der Waals surface area contributed by atoms with Gasteiger partial charge in [-0.15, -0.1) is 0 Å². The van der Waals surface area contributed by atoms with Crippen LogP contribution in [0, 0.1) is 6.92 Å². The van der Waals surface area contributed by atoms with Gasteiger partial charge < -0.3 is 20.3 Å². The Kier molecular flexibility index (Phi) is 5.70. The maximum atomic E-state index is 10.6. The van der Waals surface area contributed by atoms with E-state index < -0.39 is 5.60 Å². The molecule has 1 aromatic heterocycles. The van der Waals surface area contributed by atoms with Crippen molar-refractivity contribution in [2.45, 2.75) is 32.9 Å². The van der Waals surface area contributed by atoms with E-state index in [0.29, 0.717) is 37.3 Å². The molecule has 0 saturated carbocycles. The number of aromatic nitrogens is 2. The van der Waals surface area contributed by atoms with Crippen LogP contribution >= 0.6 is 0 Å². The average molecular weight is 317 g/mol. The first-order valence-electron chi connectivity index (χ1n) is 7.60. The molecule has 0 amide bonds. The van der Waals surface area contributed by atoms with E-state index >= 15 is 0 Å². The van der Waals surface area contributed by atoms with Crippen LogP contribution in [0.15, 0.2) is 39.8 Å². The van der Waals surface area contributed by atoms with Gasteiger partial charge in [0.2, 0.25) is 5.89 Å². The highest BCUT2D eigenvalue weighted by atomic mass is 16.5. The second-order valence-electron chi connectivity index (χ2n) is 5.42. The monoisotopic (exact) mass is 317 g/mol. The second-order valence-corrected chi connectivity index (χ2v) is 5.42. The molecule has 0 bridgehead atoms. The number of rotatable bonds is 6. The van der Waals surface area contributed by atoms with Crippen molar-refractivity contribution in [3.63, 3.8) is 0 Å². The van der Waals surface area contributed by atoms with Gasteiger partial charge in [-0.2, -0.15) is 4.98 Å². The van der Waals surface area contributed by atoms with Crippen LogP contribution in [-0.4, -0.2) is 34.3 Å². The highest BCUT2D eigenvalue weighted by molar-refractivity contribution is 5.79. The van der Waals surface area contributed by atoms with Crippen molar-refractivity contribution in [1.29, 1.82) is 0 Å². The summed E-state index contributed by atoms with van der Waals surface area (Å²) in [6, 6.07) is 9.52. The number of hydrogen-bond donors (Lipinski definition) is 3. The van der Waals surface area contributed by atoms with Crippen molar-refractivity contribution in [2.75, 3.05) is 13.1 Å². The van der Waals surface area contributed by atoms with E-state index in [-0.39, 0.29) is 0 Å². The molecular weight excluding hydrogens is 294 g/mol. The number of aliphatic imine (C=N–C) groups is 1. The van der Waals surface area contributed by atoms with E-state index in [1.807, 2.05) is 37.3 Å². The normalized spacial score (nSPS) is 14.3. The Hall–Kier alpha value is -2.41. The zero-order chi connectivity index (χ0) is 16.7. The first-order valence-corrected chi connectivity index (χ1v) is 7.60. The number of guanidine groups is 1. The lowest BCUT2D eigenvalue weighted by molar-refractivity contribution is 0.0617. The molecule has 0 saturated heterocycles. The maximum absolute atomic E-state index is 10.6. The van der Waals surface area contributed by atoms with Gasteiger partial charge >= 0.3 is 0 Å². The fraction of sp³-hybridized carbons (Fsp3) is 0.438. The summed E-state index contributed by atoms with van der Waals surface area (Å²) in [5, 5.41) is 20.7. The third kappa shape index (κ3) is 5.07. The van der Waals surface area contributed by atoms with E-state index in [0.717, 1.165) is 5.56 Å². The van der Waals surface area contributed by atoms with E-state index in [9.17, 15) is 5.11 Å². The minimum atomic E-state index is -1.000. The van der Waals surface area contributed by atoms with Crippen LogP contribution in [0.25, 0.3) is 0 Å². The van der Waals surface area contributed by atoms with Gasteiger partial charge in [-0.1, -0.05) is 35.5 Å². The third-order valence-electron chi connectivity index (χ3n) is 3.29. The number of benzene rings is 1. The molecular formula is C16H23N5O2. The van der Waals surface area contributed by atoms with E-state index in [1.165, 1.54) is 0 Å². The topological polar surface area (TPSA) is 95.6 Å². The molecule has 0 aliphatic heterocycles. The summed E-state index contributed by atoms with van der Waals surface area (Å²) < 4.78 is 4.92. The highest BCUT2D eigenvalue weighted by Gasteiger charge is 2.22. The number of nitrogens with zero attached hydrogens (tertiary/aromatic N) is 3. The summed E-state index contributed by atoms with van der Waals surface area (Å²) in [5.41, 5.74) is -0.155. The highest BCUT2D eigenvalue weighted by Crippen LogP contribution is 2.18. The predicted molar refractivity (Wildman–Crippen MR) is 87.9 cm³/mol. The van der Waals surface area contributed by atoms with Crippen LogP contribution in [-0.2, 0) is 12.1 Å². The Morgan fingerprint density at radius 1 is 1.30 bits per heavy atom. The second kappa shape index (κ2) is 7.73. The van der Waals surface area contributed by atoms with E-state index in [4.69, 9.17) is 4.52 Å². The lowest BCUT2D eigenvalue weighted by Gasteiger charge is -2.25. The third-order valence-corrected chi connectivity index (χ3v) is 3.29. The van der Waals surface area contributed by atoms with Crippen molar-refractivity contribution in [3.05, 3.63) is 47.6 Å². The Morgan fingerprint density at radius 2 is 2.04 bits per heavy atom. The molecule has 3 N–H and O–H groups in total. The summed E-state index contributed by atoms with van der Waals surface area (Å²) in [4.78, 5) is 8.50. The summed E-state index contributed by atoms with van der Waals surface area (Å²) >= 11 is 0. The Labute approximate surface area is 135 Å². The molecule has 0 spiro atoms. The standard InChI is InChI=1S/C16H23N5O2/c1-4-17-15(18-10-14-20-12(2)23-21-14)19-11-16(3,22)13-8-6-5-7-9-13/h5-9,22H,4,10-11H2,1-3H3,(H2,17,18,19). The first-order chi connectivity index (χ1) is 11.0. The van der Waals surface area contributed by atoms with Gasteiger partial charge in [0.25, 0.3) is 0 Å². The molecule has 1 heterocycles. The van der Waals surface area contributed by atoms with Crippen LogP contribution in [0.2, 0.25) is 0 Å². The summed E-state index contributed by atoms with van der Waals surface area (Å²) in [6.07, 6.45) is 0. The fourth-order valence-corrected chi connectivity index (χ4v) is 2.05. The molecule has 2 aromatic rings. The van der Waals surface area contributed by atoms with Crippen molar-refractivity contribution in [3.8, 4) is 0 Å². The molecule has 7 nitrogen and oxygen atoms in total. The maximum Gasteiger partial charge on any atom is 0.223 e. The number of hydrogen-bond acceptors (Lipinski definition) is 5. The van der Waals surface area contributed by atoms with Crippen LogP contribution < -0.4 is 10.6 Å². The van der Waals surface area contributed by atoms with Crippen LogP contribution in [0.4, 0.5) is 0 Å². The fourth-order valence-electron chi connectivity index (χ4n) is 2.05. The summed E-state index contributed by atoms with van der Waals surface area (Å²) in [7, 11) is 0. The molecule has 7 heteroatoms. The molecule has 2 rings (SSSR count). The quantitative estimate of drug-likeness (QED) is 0.550.